The Balaban J connectivity index is 1.65. The molecular formula is C28H38ClN5O4SSi. The highest BCUT2D eigenvalue weighted by Crippen LogP contribution is 2.40. The maximum absolute atomic E-state index is 13.6. The van der Waals surface area contributed by atoms with E-state index in [1.807, 2.05) is 24.3 Å². The van der Waals surface area contributed by atoms with Crippen LogP contribution in [0.1, 0.15) is 54.5 Å². The summed E-state index contributed by atoms with van der Waals surface area (Å²) in [6, 6.07) is 10.2. The predicted octanol–water partition coefficient (Wildman–Crippen LogP) is 5.84. The molecule has 1 aromatic carbocycles. The first-order valence-electron chi connectivity index (χ1n) is 13.8. The van der Waals surface area contributed by atoms with Crippen molar-refractivity contribution in [3.63, 3.8) is 0 Å². The van der Waals surface area contributed by atoms with Crippen molar-refractivity contribution in [3.05, 3.63) is 61.2 Å². The average molecular weight is 604 g/mol. The van der Waals surface area contributed by atoms with Gasteiger partial charge in [-0.05, 0) is 59.1 Å². The predicted molar refractivity (Wildman–Crippen MR) is 163 cm³/mol. The Hall–Kier alpha value is -2.73. The van der Waals surface area contributed by atoms with Crippen LogP contribution < -0.4 is 15.7 Å². The zero-order valence-corrected chi connectivity index (χ0v) is 26.4. The molecule has 0 unspecified atom stereocenters. The van der Waals surface area contributed by atoms with Gasteiger partial charge in [0.1, 0.15) is 18.2 Å². The topological polar surface area (TPSA) is 100 Å². The fraction of sp³-hybridized carbons (Fsp3) is 0.500. The van der Waals surface area contributed by atoms with E-state index in [1.165, 1.54) is 4.88 Å². The van der Waals surface area contributed by atoms with Crippen LogP contribution in [0.3, 0.4) is 0 Å². The van der Waals surface area contributed by atoms with Crippen LogP contribution in [0.25, 0.3) is 11.3 Å². The molecule has 9 nitrogen and oxygen atoms in total. The molecule has 0 saturated carbocycles. The van der Waals surface area contributed by atoms with Gasteiger partial charge in [0, 0.05) is 41.5 Å². The van der Waals surface area contributed by atoms with Crippen molar-refractivity contribution in [1.82, 2.24) is 25.1 Å². The molecule has 2 aromatic heterocycles. The molecular weight excluding hydrogens is 566 g/mol. The maximum atomic E-state index is 13.6. The molecule has 40 heavy (non-hydrogen) atoms. The van der Waals surface area contributed by atoms with E-state index in [2.05, 4.69) is 49.2 Å². The fourth-order valence-corrected chi connectivity index (χ4v) is 6.38. The van der Waals surface area contributed by atoms with E-state index in [-0.39, 0.29) is 18.5 Å². The summed E-state index contributed by atoms with van der Waals surface area (Å²) in [6.07, 6.45) is 3.32. The van der Waals surface area contributed by atoms with Gasteiger partial charge in [0.05, 0.1) is 12.6 Å². The molecule has 4 rings (SSSR count). The number of unbranched alkanes of at least 4 members (excludes halogenated alkanes) is 1. The van der Waals surface area contributed by atoms with Gasteiger partial charge in [0.25, 0.3) is 5.91 Å². The quantitative estimate of drug-likeness (QED) is 0.195. The number of halogens is 1. The van der Waals surface area contributed by atoms with Gasteiger partial charge in [-0.25, -0.2) is 4.79 Å². The lowest BCUT2D eigenvalue weighted by molar-refractivity contribution is -0.117. The van der Waals surface area contributed by atoms with Crippen molar-refractivity contribution < 1.29 is 14.3 Å². The Labute approximate surface area is 245 Å². The van der Waals surface area contributed by atoms with Crippen molar-refractivity contribution in [3.8, 4) is 5.75 Å². The molecule has 3 heterocycles. The second kappa shape index (κ2) is 13.3. The van der Waals surface area contributed by atoms with Crippen molar-refractivity contribution >= 4 is 48.2 Å². The third kappa shape index (κ3) is 7.31. The number of carbonyl (C=O) groups excluding carboxylic acids is 1. The number of nitrogens with one attached hydrogen (secondary N) is 1. The lowest BCUT2D eigenvalue weighted by Gasteiger charge is -2.28. The number of aromatic nitrogens is 4. The van der Waals surface area contributed by atoms with Crippen LogP contribution in [-0.2, 0) is 22.7 Å². The van der Waals surface area contributed by atoms with Crippen LogP contribution in [0, 0.1) is 0 Å². The van der Waals surface area contributed by atoms with E-state index in [0.29, 0.717) is 30.4 Å². The molecule has 3 aromatic rings. The van der Waals surface area contributed by atoms with Gasteiger partial charge in [-0.2, -0.15) is 9.36 Å². The number of thiophene rings is 1. The Morgan fingerprint density at radius 2 is 1.93 bits per heavy atom. The zero-order valence-electron chi connectivity index (χ0n) is 23.8. The van der Waals surface area contributed by atoms with E-state index < -0.39 is 19.7 Å². The summed E-state index contributed by atoms with van der Waals surface area (Å²) in [5.41, 5.74) is 1.17. The minimum absolute atomic E-state index is 0.0164. The van der Waals surface area contributed by atoms with Crippen molar-refractivity contribution in [1.29, 1.82) is 0 Å². The molecule has 1 aliphatic rings. The number of rotatable bonds is 13. The molecule has 216 valence electrons. The van der Waals surface area contributed by atoms with E-state index in [1.54, 1.807) is 17.4 Å². The molecule has 0 saturated heterocycles. The minimum atomic E-state index is -1.27. The maximum Gasteiger partial charge on any atom is 0.370 e. The number of tetrazole rings is 1. The van der Waals surface area contributed by atoms with Crippen LogP contribution in [0.15, 0.2) is 35.1 Å². The Bertz CT molecular complexity index is 1420. The van der Waals surface area contributed by atoms with Crippen LogP contribution >= 0.6 is 22.9 Å². The number of ether oxygens (including phenoxy) is 2. The highest BCUT2D eigenvalue weighted by atomic mass is 35.5. The van der Waals surface area contributed by atoms with Crippen LogP contribution in [-0.4, -0.2) is 47.0 Å². The summed E-state index contributed by atoms with van der Waals surface area (Å²) in [7, 11) is -1.27. The number of hydrogen-bond donors (Lipinski definition) is 1. The smallest absolute Gasteiger partial charge is 0.370 e. The van der Waals surface area contributed by atoms with E-state index in [4.69, 9.17) is 21.1 Å². The van der Waals surface area contributed by atoms with Crippen LogP contribution in [0.2, 0.25) is 30.7 Å². The van der Waals surface area contributed by atoms with Crippen LogP contribution in [0.4, 0.5) is 0 Å². The number of benzene rings is 1. The molecule has 0 aliphatic carbocycles. The lowest BCUT2D eigenvalue weighted by Crippen LogP contribution is -2.39. The van der Waals surface area contributed by atoms with Gasteiger partial charge in [0.15, 0.2) is 0 Å². The molecule has 0 bridgehead atoms. The van der Waals surface area contributed by atoms with E-state index in [0.717, 1.165) is 50.7 Å². The Morgan fingerprint density at radius 3 is 2.60 bits per heavy atom. The number of carbonyl (C=O) groups is 1. The van der Waals surface area contributed by atoms with Crippen molar-refractivity contribution in [2.75, 3.05) is 13.2 Å². The van der Waals surface area contributed by atoms with Crippen molar-refractivity contribution in [2.24, 2.45) is 0 Å². The summed E-state index contributed by atoms with van der Waals surface area (Å²) in [6.45, 7) is 12.1. The average Bonchev–Trinajstić information content (AvgIpc) is 3.53. The summed E-state index contributed by atoms with van der Waals surface area (Å²) >= 11 is 8.28. The Kier molecular flexibility index (Phi) is 10.0. The van der Waals surface area contributed by atoms with E-state index in [9.17, 15) is 9.59 Å². The van der Waals surface area contributed by atoms with E-state index >= 15 is 0 Å². The molecule has 0 spiro atoms. The summed E-state index contributed by atoms with van der Waals surface area (Å²) in [4.78, 5) is 29.0. The molecule has 0 fully saturated rings. The monoisotopic (exact) mass is 603 g/mol. The Morgan fingerprint density at radius 1 is 1.12 bits per heavy atom. The van der Waals surface area contributed by atoms with Gasteiger partial charge in [0.2, 0.25) is 0 Å². The largest absolute Gasteiger partial charge is 0.494 e. The fourth-order valence-electron chi connectivity index (χ4n) is 4.31. The first kappa shape index (κ1) is 30.2. The highest BCUT2D eigenvalue weighted by molar-refractivity contribution is 7.13. The molecule has 1 aliphatic heterocycles. The zero-order chi connectivity index (χ0) is 28.9. The van der Waals surface area contributed by atoms with Gasteiger partial charge >= 0.3 is 5.69 Å². The van der Waals surface area contributed by atoms with Crippen LogP contribution in [0.5, 0.6) is 5.75 Å². The second-order valence-corrected chi connectivity index (χ2v) is 18.3. The number of hydrogen-bond acceptors (Lipinski definition) is 7. The third-order valence-electron chi connectivity index (χ3n) is 6.70. The first-order valence-corrected chi connectivity index (χ1v) is 18.7. The SMILES string of the molecule is CCCCOc1ccc([C@@H]2CC(c3ccc(CC)s3)=C(n3nnn(COCC[Si](C)(C)C)c3=O)C(=O)N2)c(Cl)c1. The number of amides is 1. The van der Waals surface area contributed by atoms with Crippen molar-refractivity contribution in [2.45, 2.75) is 78.0 Å². The molecule has 1 amide bonds. The normalized spacial score (nSPS) is 15.9. The number of aryl methyl sites for hydroxylation is 1. The minimum Gasteiger partial charge on any atom is -0.494 e. The van der Waals surface area contributed by atoms with Gasteiger partial charge < -0.3 is 14.8 Å². The van der Waals surface area contributed by atoms with Gasteiger partial charge in [-0.1, -0.05) is 57.6 Å². The highest BCUT2D eigenvalue weighted by Gasteiger charge is 2.33. The molecule has 1 N–H and O–H groups in total. The first-order chi connectivity index (χ1) is 19.1. The standard InChI is InChI=1S/C28H38ClN5O4SSi/c1-6-8-13-38-19-9-11-21(23(29)16-19)24-17-22(25-12-10-20(7-2)39-25)26(27(35)30-24)34-28(36)33(31-32-34)18-37-14-15-40(3,4)5/h9-12,16,24H,6-8,13-15,17-18H2,1-5H3,(H,30,35)/t24-/m0/s1. The summed E-state index contributed by atoms with van der Waals surface area (Å²) < 4.78 is 13.7. The molecule has 12 heteroatoms. The third-order valence-corrected chi connectivity index (χ3v) is 10.0. The molecule has 1 atom stereocenters. The number of nitrogens with zero attached hydrogens (tertiary/aromatic N) is 4. The van der Waals surface area contributed by atoms with Gasteiger partial charge in [-0.3, -0.25) is 4.79 Å². The molecule has 0 radical (unpaired) electrons. The second-order valence-electron chi connectivity index (χ2n) is 11.1. The summed E-state index contributed by atoms with van der Waals surface area (Å²) in [5.74, 6) is 0.285. The van der Waals surface area contributed by atoms with Gasteiger partial charge in [-0.15, -0.1) is 11.3 Å². The summed E-state index contributed by atoms with van der Waals surface area (Å²) in [5, 5.41) is 11.6. The lowest BCUT2D eigenvalue weighted by atomic mass is 9.92.